The predicted molar refractivity (Wildman–Crippen MR) is 95.6 cm³/mol. The van der Waals surface area contributed by atoms with Gasteiger partial charge in [-0.3, -0.25) is 4.79 Å². The lowest BCUT2D eigenvalue weighted by Crippen LogP contribution is -2.25. The molecule has 2 aromatic rings. The van der Waals surface area contributed by atoms with Gasteiger partial charge < -0.3 is 9.47 Å². The molecule has 132 valence electrons. The van der Waals surface area contributed by atoms with Crippen LogP contribution in [0, 0.1) is 0 Å². The Kier molecular flexibility index (Phi) is 6.78. The molecule has 6 nitrogen and oxygen atoms in total. The lowest BCUT2D eigenvalue weighted by molar-refractivity contribution is 0.0312. The topological polar surface area (TPSA) is 78.4 Å². The van der Waals surface area contributed by atoms with Crippen molar-refractivity contribution >= 4 is 35.1 Å². The summed E-state index contributed by atoms with van der Waals surface area (Å²) in [4.78, 5) is 32.6. The fourth-order valence-electron chi connectivity index (χ4n) is 1.98. The number of thioether (sulfide) groups is 1. The maximum Gasteiger partial charge on any atom is 0.359 e. The lowest BCUT2D eigenvalue weighted by Gasteiger charge is -2.13. The van der Waals surface area contributed by atoms with Crippen LogP contribution in [0.5, 0.6) is 5.75 Å². The standard InChI is InChI=1S/C17H17ClN2O4S/c1-4-23-12-7-5-11(6-8-12)15(21)10(2)24-16(22)14-13(18)9-19-17(20-14)25-3/h5-10H,4H2,1-3H3. The second-order valence-electron chi connectivity index (χ2n) is 4.92. The van der Waals surface area contributed by atoms with E-state index in [0.717, 1.165) is 0 Å². The summed E-state index contributed by atoms with van der Waals surface area (Å²) >= 11 is 7.21. The molecule has 8 heteroatoms. The van der Waals surface area contributed by atoms with Gasteiger partial charge in [0.2, 0.25) is 5.78 Å². The number of hydrogen-bond acceptors (Lipinski definition) is 7. The minimum atomic E-state index is -0.978. The van der Waals surface area contributed by atoms with Crippen molar-refractivity contribution in [3.05, 3.63) is 46.7 Å². The Morgan fingerprint density at radius 3 is 2.56 bits per heavy atom. The van der Waals surface area contributed by atoms with Gasteiger partial charge in [0.1, 0.15) is 5.75 Å². The number of esters is 1. The summed E-state index contributed by atoms with van der Waals surface area (Å²) in [6.45, 7) is 3.92. The first-order valence-electron chi connectivity index (χ1n) is 7.50. The highest BCUT2D eigenvalue weighted by Gasteiger charge is 2.23. The van der Waals surface area contributed by atoms with Crippen molar-refractivity contribution in [2.75, 3.05) is 12.9 Å². The molecule has 0 spiro atoms. The minimum Gasteiger partial charge on any atom is -0.494 e. The number of ether oxygens (including phenoxy) is 2. The average Bonchev–Trinajstić information content (AvgIpc) is 2.62. The Bertz CT molecular complexity index is 768. The molecule has 0 saturated carbocycles. The Morgan fingerprint density at radius 1 is 1.28 bits per heavy atom. The van der Waals surface area contributed by atoms with E-state index in [-0.39, 0.29) is 16.5 Å². The maximum absolute atomic E-state index is 12.4. The zero-order valence-corrected chi connectivity index (χ0v) is 15.6. The van der Waals surface area contributed by atoms with Gasteiger partial charge >= 0.3 is 5.97 Å². The maximum atomic E-state index is 12.4. The van der Waals surface area contributed by atoms with Gasteiger partial charge in [0.25, 0.3) is 0 Å². The number of nitrogens with zero attached hydrogens (tertiary/aromatic N) is 2. The van der Waals surface area contributed by atoms with E-state index in [1.165, 1.54) is 24.9 Å². The van der Waals surface area contributed by atoms with E-state index in [1.807, 2.05) is 6.92 Å². The van der Waals surface area contributed by atoms with Crippen molar-refractivity contribution in [2.24, 2.45) is 0 Å². The van der Waals surface area contributed by atoms with Crippen LogP contribution in [-0.4, -0.2) is 40.7 Å². The molecular formula is C17H17ClN2O4S. The van der Waals surface area contributed by atoms with Crippen LogP contribution in [0.25, 0.3) is 0 Å². The van der Waals surface area contributed by atoms with E-state index in [0.29, 0.717) is 23.1 Å². The molecule has 25 heavy (non-hydrogen) atoms. The van der Waals surface area contributed by atoms with Crippen LogP contribution < -0.4 is 4.74 Å². The first-order valence-corrected chi connectivity index (χ1v) is 9.11. The quantitative estimate of drug-likeness (QED) is 0.314. The minimum absolute atomic E-state index is 0.0626. The lowest BCUT2D eigenvalue weighted by atomic mass is 10.1. The molecule has 1 heterocycles. The van der Waals surface area contributed by atoms with E-state index >= 15 is 0 Å². The van der Waals surface area contributed by atoms with Gasteiger partial charge in [-0.1, -0.05) is 23.4 Å². The molecule has 0 N–H and O–H groups in total. The van der Waals surface area contributed by atoms with Crippen molar-refractivity contribution in [1.82, 2.24) is 9.97 Å². The summed E-state index contributed by atoms with van der Waals surface area (Å²) in [6.07, 6.45) is 2.13. The third-order valence-corrected chi connectivity index (χ3v) is 4.04. The molecule has 0 fully saturated rings. The molecular weight excluding hydrogens is 364 g/mol. The molecule has 2 rings (SSSR count). The SMILES string of the molecule is CCOc1ccc(C(=O)C(C)OC(=O)c2nc(SC)ncc2Cl)cc1. The predicted octanol–water partition coefficient (Wildman–Crippen LogP) is 3.68. The van der Waals surface area contributed by atoms with Gasteiger partial charge in [0.15, 0.2) is 17.0 Å². The Balaban J connectivity index is 2.09. The van der Waals surface area contributed by atoms with Crippen LogP contribution in [0.4, 0.5) is 0 Å². The highest BCUT2D eigenvalue weighted by Crippen LogP contribution is 2.19. The van der Waals surface area contributed by atoms with Gasteiger partial charge in [-0.2, -0.15) is 0 Å². The van der Waals surface area contributed by atoms with Crippen molar-refractivity contribution < 1.29 is 19.1 Å². The number of hydrogen-bond donors (Lipinski definition) is 0. The molecule has 0 bridgehead atoms. The average molecular weight is 381 g/mol. The Labute approximate surface area is 154 Å². The van der Waals surface area contributed by atoms with Crippen molar-refractivity contribution in [3.63, 3.8) is 0 Å². The molecule has 1 aromatic carbocycles. The summed E-state index contributed by atoms with van der Waals surface area (Å²) in [5, 5.41) is 0.463. The largest absolute Gasteiger partial charge is 0.494 e. The summed E-state index contributed by atoms with van der Waals surface area (Å²) in [5.74, 6) is -0.429. The highest BCUT2D eigenvalue weighted by atomic mass is 35.5. The monoisotopic (exact) mass is 380 g/mol. The number of halogens is 1. The fourth-order valence-corrected chi connectivity index (χ4v) is 2.49. The number of Topliss-reactive ketones (excluding diaryl/α,β-unsaturated/α-hetero) is 1. The molecule has 1 unspecified atom stereocenters. The molecule has 0 saturated heterocycles. The Morgan fingerprint density at radius 2 is 1.96 bits per heavy atom. The van der Waals surface area contributed by atoms with Gasteiger partial charge in [-0.05, 0) is 44.4 Å². The van der Waals surface area contributed by atoms with Crippen LogP contribution in [0.2, 0.25) is 5.02 Å². The summed E-state index contributed by atoms with van der Waals surface area (Å²) in [6, 6.07) is 6.64. The third-order valence-electron chi connectivity index (χ3n) is 3.20. The van der Waals surface area contributed by atoms with E-state index in [2.05, 4.69) is 9.97 Å². The third kappa shape index (κ3) is 4.93. The van der Waals surface area contributed by atoms with E-state index in [1.54, 1.807) is 30.5 Å². The second-order valence-corrected chi connectivity index (χ2v) is 6.10. The molecule has 0 aliphatic rings. The second kappa shape index (κ2) is 8.82. The Hall–Kier alpha value is -2.12. The molecule has 0 aliphatic carbocycles. The van der Waals surface area contributed by atoms with Crippen molar-refractivity contribution in [3.8, 4) is 5.75 Å². The van der Waals surface area contributed by atoms with Crippen LogP contribution in [0.1, 0.15) is 34.7 Å². The number of benzene rings is 1. The van der Waals surface area contributed by atoms with Gasteiger partial charge in [-0.15, -0.1) is 0 Å². The van der Waals surface area contributed by atoms with Gasteiger partial charge in [-0.25, -0.2) is 14.8 Å². The van der Waals surface area contributed by atoms with E-state index in [4.69, 9.17) is 21.1 Å². The zero-order valence-electron chi connectivity index (χ0n) is 14.0. The highest BCUT2D eigenvalue weighted by molar-refractivity contribution is 7.98. The number of carbonyl (C=O) groups is 2. The molecule has 0 aliphatic heterocycles. The molecule has 1 atom stereocenters. The molecule has 0 radical (unpaired) electrons. The van der Waals surface area contributed by atoms with Crippen LogP contribution in [0.3, 0.4) is 0 Å². The number of aromatic nitrogens is 2. The van der Waals surface area contributed by atoms with E-state index < -0.39 is 12.1 Å². The fraction of sp³-hybridized carbons (Fsp3) is 0.294. The number of carbonyl (C=O) groups excluding carboxylic acids is 2. The molecule has 1 aromatic heterocycles. The van der Waals surface area contributed by atoms with Crippen molar-refractivity contribution in [2.45, 2.75) is 25.1 Å². The van der Waals surface area contributed by atoms with Crippen molar-refractivity contribution in [1.29, 1.82) is 0 Å². The van der Waals surface area contributed by atoms with Crippen LogP contribution >= 0.6 is 23.4 Å². The summed E-state index contributed by atoms with van der Waals surface area (Å²) < 4.78 is 10.5. The van der Waals surface area contributed by atoms with Crippen LogP contribution in [0.15, 0.2) is 35.6 Å². The number of rotatable bonds is 7. The number of ketones is 1. The van der Waals surface area contributed by atoms with Crippen LogP contribution in [-0.2, 0) is 4.74 Å². The smallest absolute Gasteiger partial charge is 0.359 e. The first-order chi connectivity index (χ1) is 12.0. The van der Waals surface area contributed by atoms with Gasteiger partial charge in [0.05, 0.1) is 17.8 Å². The molecule has 0 amide bonds. The van der Waals surface area contributed by atoms with Gasteiger partial charge in [0, 0.05) is 5.56 Å². The first kappa shape index (κ1) is 19.2. The normalized spacial score (nSPS) is 11.7. The van der Waals surface area contributed by atoms with E-state index in [9.17, 15) is 9.59 Å². The zero-order chi connectivity index (χ0) is 18.4. The summed E-state index contributed by atoms with van der Waals surface area (Å²) in [7, 11) is 0. The summed E-state index contributed by atoms with van der Waals surface area (Å²) in [5.41, 5.74) is 0.356.